The maximum absolute atomic E-state index is 13.3. The summed E-state index contributed by atoms with van der Waals surface area (Å²) in [5.74, 6) is -1.38. The summed E-state index contributed by atoms with van der Waals surface area (Å²) in [6, 6.07) is 1.26. The Balaban J connectivity index is 2.92. The number of aromatic nitrogens is 1. The first-order valence-corrected chi connectivity index (χ1v) is 4.65. The summed E-state index contributed by atoms with van der Waals surface area (Å²) >= 11 is 0. The van der Waals surface area contributed by atoms with Crippen LogP contribution in [0.3, 0.4) is 0 Å². The van der Waals surface area contributed by atoms with Gasteiger partial charge in [0, 0.05) is 6.20 Å². The number of pyridine rings is 1. The zero-order chi connectivity index (χ0) is 11.6. The van der Waals surface area contributed by atoms with Crippen LogP contribution >= 0.6 is 0 Å². The first-order valence-electron chi connectivity index (χ1n) is 4.65. The highest BCUT2D eigenvalue weighted by Gasteiger charge is 2.21. The van der Waals surface area contributed by atoms with Gasteiger partial charge in [-0.15, -0.1) is 0 Å². The van der Waals surface area contributed by atoms with Crippen LogP contribution in [-0.2, 0) is 4.74 Å². The topological polar surface area (TPSA) is 39.2 Å². The van der Waals surface area contributed by atoms with Gasteiger partial charge in [-0.3, -0.25) is 0 Å². The van der Waals surface area contributed by atoms with E-state index in [0.717, 1.165) is 0 Å². The average Bonchev–Trinajstić information content (AvgIpc) is 1.99. The van der Waals surface area contributed by atoms with Gasteiger partial charge in [-0.1, -0.05) is 0 Å². The van der Waals surface area contributed by atoms with E-state index < -0.39 is 17.4 Å². The summed E-state index contributed by atoms with van der Waals surface area (Å²) in [7, 11) is 0. The maximum Gasteiger partial charge on any atom is 0.360 e. The van der Waals surface area contributed by atoms with Gasteiger partial charge >= 0.3 is 5.97 Å². The molecule has 0 N–H and O–H groups in total. The van der Waals surface area contributed by atoms with E-state index in [1.54, 1.807) is 27.7 Å². The lowest BCUT2D eigenvalue weighted by atomic mass is 10.2. The molecule has 0 fully saturated rings. The lowest BCUT2D eigenvalue weighted by Gasteiger charge is -2.19. The van der Waals surface area contributed by atoms with Gasteiger partial charge in [0.1, 0.15) is 5.60 Å². The SMILES string of the molecule is Cc1cnc(C(=O)OC(C)(C)C)c(F)c1. The van der Waals surface area contributed by atoms with Gasteiger partial charge in [0.05, 0.1) is 0 Å². The van der Waals surface area contributed by atoms with E-state index in [0.29, 0.717) is 5.56 Å². The lowest BCUT2D eigenvalue weighted by molar-refractivity contribution is 0.00576. The molecule has 1 heterocycles. The van der Waals surface area contributed by atoms with Gasteiger partial charge in [-0.05, 0) is 39.3 Å². The number of aryl methyl sites for hydroxylation is 1. The predicted molar refractivity (Wildman–Crippen MR) is 54.1 cm³/mol. The van der Waals surface area contributed by atoms with E-state index >= 15 is 0 Å². The molecule has 3 nitrogen and oxygen atoms in total. The van der Waals surface area contributed by atoms with Gasteiger partial charge in [0.15, 0.2) is 11.5 Å². The molecule has 15 heavy (non-hydrogen) atoms. The van der Waals surface area contributed by atoms with E-state index in [4.69, 9.17) is 4.74 Å². The highest BCUT2D eigenvalue weighted by molar-refractivity contribution is 5.87. The third kappa shape index (κ3) is 3.31. The Morgan fingerprint density at radius 1 is 1.47 bits per heavy atom. The van der Waals surface area contributed by atoms with E-state index in [-0.39, 0.29) is 5.69 Å². The molecule has 0 saturated carbocycles. The number of halogens is 1. The van der Waals surface area contributed by atoms with Crippen LogP contribution in [0.15, 0.2) is 12.3 Å². The minimum Gasteiger partial charge on any atom is -0.455 e. The quantitative estimate of drug-likeness (QED) is 0.670. The minimum atomic E-state index is -0.736. The highest BCUT2D eigenvalue weighted by Crippen LogP contribution is 2.13. The molecule has 1 aromatic rings. The molecule has 0 aliphatic carbocycles. The second-order valence-electron chi connectivity index (χ2n) is 4.34. The third-order valence-electron chi connectivity index (χ3n) is 1.57. The van der Waals surface area contributed by atoms with Crippen molar-refractivity contribution in [2.45, 2.75) is 33.3 Å². The van der Waals surface area contributed by atoms with Gasteiger partial charge in [0.25, 0.3) is 0 Å². The Labute approximate surface area is 88.3 Å². The monoisotopic (exact) mass is 211 g/mol. The Morgan fingerprint density at radius 3 is 2.53 bits per heavy atom. The van der Waals surface area contributed by atoms with Crippen molar-refractivity contribution in [1.82, 2.24) is 4.98 Å². The number of hydrogen-bond donors (Lipinski definition) is 0. The van der Waals surface area contributed by atoms with Crippen molar-refractivity contribution in [2.75, 3.05) is 0 Å². The Kier molecular flexibility index (Phi) is 3.07. The minimum absolute atomic E-state index is 0.268. The Morgan fingerprint density at radius 2 is 2.07 bits per heavy atom. The second kappa shape index (κ2) is 3.96. The van der Waals surface area contributed by atoms with Crippen LogP contribution in [0.1, 0.15) is 36.8 Å². The van der Waals surface area contributed by atoms with E-state index in [9.17, 15) is 9.18 Å². The fourth-order valence-electron chi connectivity index (χ4n) is 1.01. The zero-order valence-electron chi connectivity index (χ0n) is 9.30. The van der Waals surface area contributed by atoms with Gasteiger partial charge in [0.2, 0.25) is 0 Å². The molecule has 1 rings (SSSR count). The lowest BCUT2D eigenvalue weighted by Crippen LogP contribution is -2.25. The van der Waals surface area contributed by atoms with Crippen molar-refractivity contribution in [3.63, 3.8) is 0 Å². The molecule has 1 aromatic heterocycles. The molecule has 0 spiro atoms. The molecular formula is C11H14FNO2. The summed E-state index contributed by atoms with van der Waals surface area (Å²) in [6.45, 7) is 6.86. The van der Waals surface area contributed by atoms with Crippen molar-refractivity contribution in [3.8, 4) is 0 Å². The molecule has 0 aliphatic heterocycles. The largest absolute Gasteiger partial charge is 0.455 e. The van der Waals surface area contributed by atoms with Gasteiger partial charge < -0.3 is 4.74 Å². The third-order valence-corrected chi connectivity index (χ3v) is 1.57. The fraction of sp³-hybridized carbons (Fsp3) is 0.455. The van der Waals surface area contributed by atoms with Crippen LogP contribution < -0.4 is 0 Å². The molecular weight excluding hydrogens is 197 g/mol. The number of ether oxygens (including phenoxy) is 1. The molecule has 0 bridgehead atoms. The normalized spacial score (nSPS) is 11.3. The summed E-state index contributed by atoms with van der Waals surface area (Å²) in [5, 5.41) is 0. The molecule has 0 atom stereocenters. The first-order chi connectivity index (χ1) is 6.79. The van der Waals surface area contributed by atoms with Crippen molar-refractivity contribution in [2.24, 2.45) is 0 Å². The van der Waals surface area contributed by atoms with Crippen molar-refractivity contribution < 1.29 is 13.9 Å². The standard InChI is InChI=1S/C11H14FNO2/c1-7-5-8(12)9(13-6-7)10(14)15-11(2,3)4/h5-6H,1-4H3. The second-order valence-corrected chi connectivity index (χ2v) is 4.34. The number of nitrogens with zero attached hydrogens (tertiary/aromatic N) is 1. The van der Waals surface area contributed by atoms with Crippen molar-refractivity contribution >= 4 is 5.97 Å². The summed E-state index contributed by atoms with van der Waals surface area (Å²) in [4.78, 5) is 15.2. The predicted octanol–water partition coefficient (Wildman–Crippen LogP) is 2.48. The van der Waals surface area contributed by atoms with Crippen LogP contribution in [0.25, 0.3) is 0 Å². The smallest absolute Gasteiger partial charge is 0.360 e. The average molecular weight is 211 g/mol. The number of esters is 1. The van der Waals surface area contributed by atoms with Gasteiger partial charge in [-0.2, -0.15) is 0 Å². The fourth-order valence-corrected chi connectivity index (χ4v) is 1.01. The van der Waals surface area contributed by atoms with Crippen molar-refractivity contribution in [3.05, 3.63) is 29.3 Å². The van der Waals surface area contributed by atoms with Gasteiger partial charge in [-0.25, -0.2) is 14.2 Å². The molecule has 0 radical (unpaired) electrons. The molecule has 0 saturated heterocycles. The van der Waals surface area contributed by atoms with Crippen LogP contribution in [0.4, 0.5) is 4.39 Å². The van der Waals surface area contributed by atoms with Crippen LogP contribution in [0, 0.1) is 12.7 Å². The highest BCUT2D eigenvalue weighted by atomic mass is 19.1. The van der Waals surface area contributed by atoms with Crippen LogP contribution in [0.5, 0.6) is 0 Å². The van der Waals surface area contributed by atoms with E-state index in [2.05, 4.69) is 4.98 Å². The zero-order valence-corrected chi connectivity index (χ0v) is 9.30. The molecule has 4 heteroatoms. The molecule has 0 unspecified atom stereocenters. The number of hydrogen-bond acceptors (Lipinski definition) is 3. The summed E-state index contributed by atoms with van der Waals surface area (Å²) in [5.41, 5.74) is -0.244. The number of rotatable bonds is 1. The van der Waals surface area contributed by atoms with Crippen LogP contribution in [0.2, 0.25) is 0 Å². The molecule has 82 valence electrons. The summed E-state index contributed by atoms with van der Waals surface area (Å²) in [6.07, 6.45) is 1.43. The number of carbonyl (C=O) groups is 1. The maximum atomic E-state index is 13.3. The van der Waals surface area contributed by atoms with Crippen LogP contribution in [-0.4, -0.2) is 16.6 Å². The summed E-state index contributed by atoms with van der Waals surface area (Å²) < 4.78 is 18.3. The first kappa shape index (κ1) is 11.6. The molecule has 0 aliphatic rings. The Hall–Kier alpha value is -1.45. The molecule has 0 aromatic carbocycles. The Bertz CT molecular complexity index is 383. The van der Waals surface area contributed by atoms with Crippen molar-refractivity contribution in [1.29, 1.82) is 0 Å². The van der Waals surface area contributed by atoms with E-state index in [1.807, 2.05) is 0 Å². The molecule has 0 amide bonds. The number of carbonyl (C=O) groups excluding carboxylic acids is 1. The van der Waals surface area contributed by atoms with E-state index in [1.165, 1.54) is 12.3 Å².